The molecule has 0 saturated heterocycles. The zero-order valence-corrected chi connectivity index (χ0v) is 10.9. The van der Waals surface area contributed by atoms with E-state index in [1.807, 2.05) is 13.8 Å². The molecule has 2 aromatic rings. The summed E-state index contributed by atoms with van der Waals surface area (Å²) < 4.78 is 30.6. The Morgan fingerprint density at radius 2 is 2.17 bits per heavy atom. The summed E-state index contributed by atoms with van der Waals surface area (Å²) in [6, 6.07) is 3.27. The van der Waals surface area contributed by atoms with E-state index in [9.17, 15) is 8.78 Å². The fraction of sp³-hybridized carbons (Fsp3) is 0.333. The second kappa shape index (κ2) is 5.49. The van der Waals surface area contributed by atoms with Crippen molar-refractivity contribution in [3.05, 3.63) is 46.0 Å². The van der Waals surface area contributed by atoms with Gasteiger partial charge in [-0.1, -0.05) is 17.5 Å². The molecule has 0 amide bonds. The van der Waals surface area contributed by atoms with E-state index < -0.39 is 11.6 Å². The number of aromatic nitrogens is 2. The summed E-state index contributed by atoms with van der Waals surface area (Å²) in [4.78, 5) is 0.849. The minimum absolute atomic E-state index is 0.337. The van der Waals surface area contributed by atoms with Gasteiger partial charge in [-0.15, -0.1) is 5.10 Å². The van der Waals surface area contributed by atoms with Gasteiger partial charge in [0.25, 0.3) is 0 Å². The summed E-state index contributed by atoms with van der Waals surface area (Å²) in [5, 5.41) is 7.09. The maximum atomic E-state index is 13.8. The highest BCUT2D eigenvalue weighted by Gasteiger charge is 2.21. The van der Waals surface area contributed by atoms with Gasteiger partial charge in [0.1, 0.15) is 11.6 Å². The Bertz CT molecular complexity index is 542. The van der Waals surface area contributed by atoms with Gasteiger partial charge in [-0.05, 0) is 31.1 Å². The minimum Gasteiger partial charge on any atom is -0.306 e. The monoisotopic (exact) mass is 269 g/mol. The Hall–Kier alpha value is -1.40. The van der Waals surface area contributed by atoms with E-state index in [0.717, 1.165) is 16.6 Å². The third-order valence-corrected chi connectivity index (χ3v) is 3.52. The maximum absolute atomic E-state index is 13.8. The average Bonchev–Trinajstić information content (AvgIpc) is 2.73. The Morgan fingerprint density at radius 3 is 2.72 bits per heavy atom. The van der Waals surface area contributed by atoms with E-state index >= 15 is 0 Å². The van der Waals surface area contributed by atoms with Gasteiger partial charge < -0.3 is 5.32 Å². The molecule has 0 spiro atoms. The molecule has 0 fully saturated rings. The normalized spacial score (nSPS) is 12.7. The van der Waals surface area contributed by atoms with E-state index in [1.54, 1.807) is 0 Å². The topological polar surface area (TPSA) is 37.8 Å². The van der Waals surface area contributed by atoms with Crippen LogP contribution in [0.5, 0.6) is 0 Å². The quantitative estimate of drug-likeness (QED) is 0.927. The molecule has 6 heteroatoms. The van der Waals surface area contributed by atoms with Crippen molar-refractivity contribution in [2.45, 2.75) is 19.9 Å². The predicted octanol–water partition coefficient (Wildman–Crippen LogP) is 2.82. The highest BCUT2D eigenvalue weighted by Crippen LogP contribution is 2.28. The fourth-order valence-electron chi connectivity index (χ4n) is 1.79. The molecule has 3 nitrogen and oxygen atoms in total. The number of halogens is 2. The van der Waals surface area contributed by atoms with Crippen LogP contribution in [0.4, 0.5) is 8.78 Å². The van der Waals surface area contributed by atoms with Crippen LogP contribution >= 0.6 is 11.5 Å². The Labute approximate surface area is 108 Å². The molecule has 1 atom stereocenters. The van der Waals surface area contributed by atoms with Gasteiger partial charge in [0.2, 0.25) is 0 Å². The SMILES string of the molecule is CCNC(c1ccc(F)cc1F)c1snnc1C. The number of nitrogens with zero attached hydrogens (tertiary/aromatic N) is 2. The summed E-state index contributed by atoms with van der Waals surface area (Å²) in [7, 11) is 0. The Morgan fingerprint density at radius 1 is 1.39 bits per heavy atom. The van der Waals surface area contributed by atoms with E-state index in [2.05, 4.69) is 14.9 Å². The van der Waals surface area contributed by atoms with E-state index in [-0.39, 0.29) is 6.04 Å². The van der Waals surface area contributed by atoms with Crippen molar-refractivity contribution in [3.63, 3.8) is 0 Å². The van der Waals surface area contributed by atoms with Crippen molar-refractivity contribution >= 4 is 11.5 Å². The van der Waals surface area contributed by atoms with Gasteiger partial charge in [-0.2, -0.15) is 0 Å². The van der Waals surface area contributed by atoms with Gasteiger partial charge in [0.15, 0.2) is 0 Å². The number of aryl methyl sites for hydroxylation is 1. The molecule has 1 unspecified atom stereocenters. The van der Waals surface area contributed by atoms with Gasteiger partial charge in [-0.3, -0.25) is 0 Å². The lowest BCUT2D eigenvalue weighted by Crippen LogP contribution is -2.23. The second-order valence-electron chi connectivity index (χ2n) is 3.88. The minimum atomic E-state index is -0.578. The third-order valence-electron chi connectivity index (χ3n) is 2.63. The lowest BCUT2D eigenvalue weighted by molar-refractivity contribution is 0.543. The highest BCUT2D eigenvalue weighted by molar-refractivity contribution is 7.05. The zero-order chi connectivity index (χ0) is 13.1. The molecule has 96 valence electrons. The largest absolute Gasteiger partial charge is 0.306 e. The first-order valence-corrected chi connectivity index (χ1v) is 6.38. The van der Waals surface area contributed by atoms with Crippen LogP contribution in [0.15, 0.2) is 18.2 Å². The van der Waals surface area contributed by atoms with Crippen molar-refractivity contribution in [2.75, 3.05) is 6.54 Å². The number of benzene rings is 1. The first kappa shape index (κ1) is 13.0. The van der Waals surface area contributed by atoms with Crippen LogP contribution < -0.4 is 5.32 Å². The smallest absolute Gasteiger partial charge is 0.131 e. The summed E-state index contributed by atoms with van der Waals surface area (Å²) in [6.45, 7) is 4.42. The van der Waals surface area contributed by atoms with E-state index in [0.29, 0.717) is 12.1 Å². The molecule has 0 aliphatic rings. The number of hydrogen-bond acceptors (Lipinski definition) is 4. The Kier molecular flexibility index (Phi) is 3.98. The molecular formula is C12H13F2N3S. The van der Waals surface area contributed by atoms with Crippen molar-refractivity contribution in [3.8, 4) is 0 Å². The van der Waals surface area contributed by atoms with Crippen LogP contribution in [-0.4, -0.2) is 16.1 Å². The summed E-state index contributed by atoms with van der Waals surface area (Å²) >= 11 is 1.22. The van der Waals surface area contributed by atoms with Crippen molar-refractivity contribution < 1.29 is 8.78 Å². The van der Waals surface area contributed by atoms with Gasteiger partial charge in [0.05, 0.1) is 16.6 Å². The standard InChI is InChI=1S/C12H13F2N3S/c1-3-15-11(12-7(2)16-17-18-12)9-5-4-8(13)6-10(9)14/h4-6,11,15H,3H2,1-2H3. The molecule has 0 bridgehead atoms. The summed E-state index contributed by atoms with van der Waals surface area (Å²) in [5.41, 5.74) is 1.17. The molecule has 0 radical (unpaired) electrons. The third kappa shape index (κ3) is 2.54. The molecule has 1 N–H and O–H groups in total. The van der Waals surface area contributed by atoms with Crippen LogP contribution in [-0.2, 0) is 0 Å². The Balaban J connectivity index is 2.45. The molecule has 0 saturated carbocycles. The molecule has 0 aliphatic heterocycles. The molecule has 1 aromatic heterocycles. The van der Waals surface area contributed by atoms with Crippen LogP contribution in [0, 0.1) is 18.6 Å². The number of nitrogens with one attached hydrogen (secondary N) is 1. The lowest BCUT2D eigenvalue weighted by Gasteiger charge is -2.17. The second-order valence-corrected chi connectivity index (χ2v) is 4.66. The van der Waals surface area contributed by atoms with Gasteiger partial charge in [-0.25, -0.2) is 8.78 Å². The molecule has 18 heavy (non-hydrogen) atoms. The van der Waals surface area contributed by atoms with Crippen molar-refractivity contribution in [2.24, 2.45) is 0 Å². The predicted molar refractivity (Wildman–Crippen MR) is 66.5 cm³/mol. The first-order chi connectivity index (χ1) is 8.63. The summed E-state index contributed by atoms with van der Waals surface area (Å²) in [5.74, 6) is -1.14. The number of rotatable bonds is 4. The molecule has 1 heterocycles. The maximum Gasteiger partial charge on any atom is 0.131 e. The highest BCUT2D eigenvalue weighted by atomic mass is 32.1. The van der Waals surface area contributed by atoms with E-state index in [4.69, 9.17) is 0 Å². The molecule has 0 aliphatic carbocycles. The molecular weight excluding hydrogens is 256 g/mol. The average molecular weight is 269 g/mol. The van der Waals surface area contributed by atoms with Crippen molar-refractivity contribution in [1.82, 2.24) is 14.9 Å². The van der Waals surface area contributed by atoms with Gasteiger partial charge in [0, 0.05) is 11.6 Å². The molecule has 1 aromatic carbocycles. The fourth-order valence-corrected chi connectivity index (χ4v) is 2.53. The van der Waals surface area contributed by atoms with Crippen molar-refractivity contribution in [1.29, 1.82) is 0 Å². The van der Waals surface area contributed by atoms with Crippen LogP contribution in [0.2, 0.25) is 0 Å². The lowest BCUT2D eigenvalue weighted by atomic mass is 10.0. The first-order valence-electron chi connectivity index (χ1n) is 5.60. The van der Waals surface area contributed by atoms with Crippen LogP contribution in [0.25, 0.3) is 0 Å². The summed E-state index contributed by atoms with van der Waals surface area (Å²) in [6.07, 6.45) is 0. The van der Waals surface area contributed by atoms with E-state index in [1.165, 1.54) is 23.7 Å². The van der Waals surface area contributed by atoms with Crippen LogP contribution in [0.1, 0.15) is 29.1 Å². The zero-order valence-electron chi connectivity index (χ0n) is 10.1. The molecule has 2 rings (SSSR count). The van der Waals surface area contributed by atoms with Crippen LogP contribution in [0.3, 0.4) is 0 Å². The number of hydrogen-bond donors (Lipinski definition) is 1. The van der Waals surface area contributed by atoms with Gasteiger partial charge >= 0.3 is 0 Å².